The number of aromatic hydroxyl groups is 2. The van der Waals surface area contributed by atoms with E-state index in [-0.39, 0.29) is 17.1 Å². The molecule has 0 aliphatic carbocycles. The number of carbonyl (C=O) groups is 1. The van der Waals surface area contributed by atoms with Crippen molar-refractivity contribution >= 4 is 49.7 Å². The molecule has 0 spiro atoms. The lowest BCUT2D eigenvalue weighted by Gasteiger charge is -2.07. The summed E-state index contributed by atoms with van der Waals surface area (Å²) in [4.78, 5) is 12.1. The van der Waals surface area contributed by atoms with Crippen LogP contribution in [0.5, 0.6) is 11.5 Å². The normalized spacial score (nSPS) is 10.8. The highest BCUT2D eigenvalue weighted by Gasteiger charge is 2.12. The zero-order valence-corrected chi connectivity index (χ0v) is 14.2. The number of nitrogen functional groups attached to an aromatic ring is 1. The van der Waals surface area contributed by atoms with Crippen LogP contribution in [-0.4, -0.2) is 22.3 Å². The molecule has 0 saturated carbocycles. The van der Waals surface area contributed by atoms with Gasteiger partial charge in [-0.1, -0.05) is 15.9 Å². The number of anilines is 1. The number of phenols is 2. The highest BCUT2D eigenvalue weighted by molar-refractivity contribution is 9.11. The van der Waals surface area contributed by atoms with E-state index >= 15 is 0 Å². The molecule has 0 saturated heterocycles. The smallest absolute Gasteiger partial charge is 0.273 e. The Kier molecular flexibility index (Phi) is 5.04. The summed E-state index contributed by atoms with van der Waals surface area (Å²) in [7, 11) is 0. The molecule has 0 fully saturated rings. The molecular formula is C14H11Br2N3O3. The molecule has 1 amide bonds. The van der Waals surface area contributed by atoms with Crippen molar-refractivity contribution in [3.05, 3.63) is 50.4 Å². The van der Waals surface area contributed by atoms with Crippen LogP contribution in [0, 0.1) is 0 Å². The van der Waals surface area contributed by atoms with Crippen molar-refractivity contribution in [3.8, 4) is 11.5 Å². The van der Waals surface area contributed by atoms with Crippen molar-refractivity contribution in [2.45, 2.75) is 0 Å². The second-order valence-corrected chi connectivity index (χ2v) is 6.06. The van der Waals surface area contributed by atoms with Crippen LogP contribution in [0.4, 0.5) is 5.69 Å². The van der Waals surface area contributed by atoms with Crippen LogP contribution in [0.1, 0.15) is 15.9 Å². The number of halogens is 2. The van der Waals surface area contributed by atoms with Crippen LogP contribution in [0.3, 0.4) is 0 Å². The predicted octanol–water partition coefficient (Wildman–Crippen LogP) is 2.97. The van der Waals surface area contributed by atoms with Crippen LogP contribution in [0.15, 0.2) is 44.4 Å². The van der Waals surface area contributed by atoms with Gasteiger partial charge in [-0.15, -0.1) is 0 Å². The minimum Gasteiger partial charge on any atom is -0.508 e. The molecule has 22 heavy (non-hydrogen) atoms. The zero-order valence-electron chi connectivity index (χ0n) is 11.0. The molecule has 0 aliphatic heterocycles. The van der Waals surface area contributed by atoms with Gasteiger partial charge in [0.15, 0.2) is 0 Å². The van der Waals surface area contributed by atoms with E-state index < -0.39 is 5.91 Å². The second-order valence-electron chi connectivity index (χ2n) is 4.29. The maximum Gasteiger partial charge on any atom is 0.273 e. The van der Waals surface area contributed by atoms with E-state index in [2.05, 4.69) is 42.4 Å². The Balaban J connectivity index is 2.15. The number of nitrogens with one attached hydrogen (secondary N) is 1. The van der Waals surface area contributed by atoms with E-state index in [4.69, 9.17) is 5.73 Å². The summed E-state index contributed by atoms with van der Waals surface area (Å²) >= 11 is 6.53. The molecule has 0 bridgehead atoms. The number of hydrogen-bond acceptors (Lipinski definition) is 5. The first kappa shape index (κ1) is 16.3. The lowest BCUT2D eigenvalue weighted by molar-refractivity contribution is 0.0956. The summed E-state index contributed by atoms with van der Waals surface area (Å²) < 4.78 is 1.28. The number of hydrogen-bond donors (Lipinski definition) is 4. The molecule has 0 aliphatic rings. The number of amides is 1. The van der Waals surface area contributed by atoms with Gasteiger partial charge < -0.3 is 15.9 Å². The van der Waals surface area contributed by atoms with Crippen molar-refractivity contribution in [1.82, 2.24) is 5.43 Å². The van der Waals surface area contributed by atoms with Gasteiger partial charge in [0.05, 0.1) is 17.5 Å². The first-order valence-corrected chi connectivity index (χ1v) is 7.57. The molecule has 0 atom stereocenters. The van der Waals surface area contributed by atoms with Crippen LogP contribution >= 0.6 is 31.9 Å². The molecule has 0 unspecified atom stereocenters. The molecule has 2 rings (SSSR count). The van der Waals surface area contributed by atoms with Gasteiger partial charge in [0.25, 0.3) is 5.91 Å². The van der Waals surface area contributed by atoms with Crippen LogP contribution in [0.2, 0.25) is 0 Å². The molecule has 0 radical (unpaired) electrons. The van der Waals surface area contributed by atoms with E-state index in [0.717, 1.165) is 0 Å². The van der Waals surface area contributed by atoms with Crippen molar-refractivity contribution in [2.24, 2.45) is 5.10 Å². The number of benzene rings is 2. The van der Waals surface area contributed by atoms with Gasteiger partial charge in [-0.25, -0.2) is 5.43 Å². The third kappa shape index (κ3) is 3.77. The zero-order chi connectivity index (χ0) is 16.3. The number of nitrogens with two attached hydrogens (primary N) is 1. The minimum absolute atomic E-state index is 0.0644. The summed E-state index contributed by atoms with van der Waals surface area (Å²) in [6, 6.07) is 7.33. The van der Waals surface area contributed by atoms with Crippen LogP contribution in [0.25, 0.3) is 0 Å². The fourth-order valence-corrected chi connectivity index (χ4v) is 2.86. The Morgan fingerprint density at radius 2 is 1.95 bits per heavy atom. The van der Waals surface area contributed by atoms with Crippen molar-refractivity contribution in [1.29, 1.82) is 0 Å². The average molecular weight is 429 g/mol. The molecule has 6 nitrogen and oxygen atoms in total. The first-order chi connectivity index (χ1) is 10.4. The average Bonchev–Trinajstić information content (AvgIpc) is 2.45. The number of phenolic OH excluding ortho intramolecular Hbond substituents is 2. The third-order valence-electron chi connectivity index (χ3n) is 2.72. The maximum absolute atomic E-state index is 12.1. The Morgan fingerprint density at radius 1 is 1.23 bits per heavy atom. The largest absolute Gasteiger partial charge is 0.508 e. The quantitative estimate of drug-likeness (QED) is 0.342. The number of rotatable bonds is 3. The van der Waals surface area contributed by atoms with E-state index in [0.29, 0.717) is 20.2 Å². The van der Waals surface area contributed by atoms with Crippen LogP contribution < -0.4 is 11.2 Å². The summed E-state index contributed by atoms with van der Waals surface area (Å²) in [6.45, 7) is 0. The fourth-order valence-electron chi connectivity index (χ4n) is 1.63. The predicted molar refractivity (Wildman–Crippen MR) is 91.1 cm³/mol. The van der Waals surface area contributed by atoms with Crippen molar-refractivity contribution in [2.75, 3.05) is 5.73 Å². The van der Waals surface area contributed by atoms with Gasteiger partial charge in [-0.2, -0.15) is 5.10 Å². The monoisotopic (exact) mass is 427 g/mol. The second kappa shape index (κ2) is 6.80. The highest BCUT2D eigenvalue weighted by atomic mass is 79.9. The highest BCUT2D eigenvalue weighted by Crippen LogP contribution is 2.28. The first-order valence-electron chi connectivity index (χ1n) is 5.98. The van der Waals surface area contributed by atoms with Gasteiger partial charge in [0.1, 0.15) is 11.5 Å². The SMILES string of the molecule is Nc1c(Br)cc(Br)cc1C(=O)N/N=C/c1ccc(O)cc1O. The molecule has 8 heteroatoms. The minimum atomic E-state index is -0.492. The lowest BCUT2D eigenvalue weighted by atomic mass is 10.2. The summed E-state index contributed by atoms with van der Waals surface area (Å²) in [6.07, 6.45) is 1.26. The Morgan fingerprint density at radius 3 is 2.64 bits per heavy atom. The summed E-state index contributed by atoms with van der Waals surface area (Å²) in [5, 5.41) is 22.5. The number of nitrogens with zero attached hydrogens (tertiary/aromatic N) is 1. The van der Waals surface area contributed by atoms with Crippen molar-refractivity contribution in [3.63, 3.8) is 0 Å². The van der Waals surface area contributed by atoms with Crippen molar-refractivity contribution < 1.29 is 15.0 Å². The molecule has 2 aromatic carbocycles. The van der Waals surface area contributed by atoms with Gasteiger partial charge in [0.2, 0.25) is 0 Å². The topological polar surface area (TPSA) is 108 Å². The Labute approximate surface area is 142 Å². The van der Waals surface area contributed by atoms with E-state index in [1.807, 2.05) is 0 Å². The van der Waals surface area contributed by atoms with Gasteiger partial charge in [-0.3, -0.25) is 4.79 Å². The van der Waals surface area contributed by atoms with E-state index in [1.54, 1.807) is 12.1 Å². The van der Waals surface area contributed by atoms with E-state index in [9.17, 15) is 15.0 Å². The molecule has 0 heterocycles. The lowest BCUT2D eigenvalue weighted by Crippen LogP contribution is -2.19. The Bertz CT molecular complexity index is 763. The van der Waals surface area contributed by atoms with Gasteiger partial charge in [-0.05, 0) is 40.2 Å². The third-order valence-corrected chi connectivity index (χ3v) is 3.84. The molecule has 5 N–H and O–H groups in total. The number of carbonyl (C=O) groups excluding carboxylic acids is 1. The molecular weight excluding hydrogens is 418 g/mol. The van der Waals surface area contributed by atoms with Gasteiger partial charge >= 0.3 is 0 Å². The Hall–Kier alpha value is -2.06. The standard InChI is InChI=1S/C14H11Br2N3O3/c15-8-3-10(13(17)11(16)4-8)14(22)19-18-6-7-1-2-9(20)5-12(7)21/h1-6,20-21H,17H2,(H,19,22)/b18-6+. The molecule has 2 aromatic rings. The molecule has 114 valence electrons. The summed E-state index contributed by atoms with van der Waals surface area (Å²) in [5.74, 6) is -0.706. The summed E-state index contributed by atoms with van der Waals surface area (Å²) in [5.41, 5.74) is 9.05. The number of hydrazone groups is 1. The van der Waals surface area contributed by atoms with Gasteiger partial charge in [0, 0.05) is 20.6 Å². The van der Waals surface area contributed by atoms with E-state index in [1.165, 1.54) is 24.4 Å². The fraction of sp³-hybridized carbons (Fsp3) is 0. The molecule has 0 aromatic heterocycles. The van der Waals surface area contributed by atoms with Crippen LogP contribution in [-0.2, 0) is 0 Å². The maximum atomic E-state index is 12.1.